The van der Waals surface area contributed by atoms with Crippen LogP contribution in [0, 0.1) is 13.8 Å². The van der Waals surface area contributed by atoms with Gasteiger partial charge in [0.05, 0.1) is 18.8 Å². The van der Waals surface area contributed by atoms with Gasteiger partial charge in [-0.05, 0) is 25.0 Å². The number of aryl methyl sites for hydroxylation is 2. The maximum absolute atomic E-state index is 12.7. The normalized spacial score (nSPS) is 10.9. The van der Waals surface area contributed by atoms with E-state index in [1.165, 1.54) is 34.9 Å². The van der Waals surface area contributed by atoms with E-state index in [2.05, 4.69) is 15.8 Å². The zero-order valence-electron chi connectivity index (χ0n) is 13.1. The molecule has 0 aliphatic rings. The molecule has 0 aliphatic heterocycles. The third-order valence-electron chi connectivity index (χ3n) is 3.76. The zero-order valence-corrected chi connectivity index (χ0v) is 13.9. The van der Waals surface area contributed by atoms with E-state index in [4.69, 9.17) is 0 Å². The summed E-state index contributed by atoms with van der Waals surface area (Å²) in [6, 6.07) is 6.13. The number of methoxy groups -OCH3 is 1. The van der Waals surface area contributed by atoms with Crippen LogP contribution in [0.4, 0.5) is 0 Å². The van der Waals surface area contributed by atoms with Crippen LogP contribution in [0.3, 0.4) is 0 Å². The molecule has 0 fully saturated rings. The van der Waals surface area contributed by atoms with Gasteiger partial charge in [0.15, 0.2) is 0 Å². The van der Waals surface area contributed by atoms with Gasteiger partial charge in [0, 0.05) is 10.9 Å². The van der Waals surface area contributed by atoms with Gasteiger partial charge in [0.25, 0.3) is 5.56 Å². The second-order valence-corrected chi connectivity index (χ2v) is 6.26. The van der Waals surface area contributed by atoms with E-state index in [1.54, 1.807) is 0 Å². The summed E-state index contributed by atoms with van der Waals surface area (Å²) in [6.07, 6.45) is 1.39. The Bertz CT molecular complexity index is 956. The van der Waals surface area contributed by atoms with Gasteiger partial charge < -0.3 is 4.74 Å². The van der Waals surface area contributed by atoms with Crippen LogP contribution in [0.1, 0.15) is 11.1 Å². The number of hydrogen-bond donors (Lipinski definition) is 0. The van der Waals surface area contributed by atoms with E-state index in [0.717, 1.165) is 16.7 Å². The van der Waals surface area contributed by atoms with Gasteiger partial charge in [0.2, 0.25) is 0 Å². The van der Waals surface area contributed by atoms with E-state index in [-0.39, 0.29) is 12.1 Å². The molecule has 23 heavy (non-hydrogen) atoms. The lowest BCUT2D eigenvalue weighted by Crippen LogP contribution is -2.25. The Hall–Kier alpha value is -2.47. The van der Waals surface area contributed by atoms with Crippen molar-refractivity contribution in [1.82, 2.24) is 9.55 Å². The molecule has 0 spiro atoms. The van der Waals surface area contributed by atoms with E-state index in [9.17, 15) is 9.59 Å². The predicted molar refractivity (Wildman–Crippen MR) is 90.8 cm³/mol. The Labute approximate surface area is 137 Å². The van der Waals surface area contributed by atoms with Gasteiger partial charge in [-0.2, -0.15) is 0 Å². The van der Waals surface area contributed by atoms with Crippen molar-refractivity contribution in [3.63, 3.8) is 0 Å². The Balaban J connectivity index is 2.21. The van der Waals surface area contributed by atoms with Gasteiger partial charge >= 0.3 is 5.97 Å². The molecule has 0 aliphatic carbocycles. The molecule has 0 saturated carbocycles. The summed E-state index contributed by atoms with van der Waals surface area (Å²) in [6.45, 7) is 3.92. The quantitative estimate of drug-likeness (QED) is 0.694. The van der Waals surface area contributed by atoms with Crippen molar-refractivity contribution in [2.45, 2.75) is 20.4 Å². The Morgan fingerprint density at radius 2 is 2.09 bits per heavy atom. The first-order chi connectivity index (χ1) is 11.0. The van der Waals surface area contributed by atoms with Crippen LogP contribution in [0.2, 0.25) is 0 Å². The molecule has 0 radical (unpaired) electrons. The van der Waals surface area contributed by atoms with Crippen molar-refractivity contribution in [2.75, 3.05) is 7.11 Å². The minimum absolute atomic E-state index is 0.138. The van der Waals surface area contributed by atoms with Crippen molar-refractivity contribution >= 4 is 27.5 Å². The lowest BCUT2D eigenvalue weighted by molar-refractivity contribution is -0.141. The molecule has 2 heterocycles. The molecule has 3 aromatic rings. The largest absolute Gasteiger partial charge is 0.468 e. The Kier molecular flexibility index (Phi) is 4.00. The van der Waals surface area contributed by atoms with Gasteiger partial charge in [0.1, 0.15) is 11.4 Å². The molecule has 0 bridgehead atoms. The number of aromatic nitrogens is 2. The highest BCUT2D eigenvalue weighted by Crippen LogP contribution is 2.32. The number of rotatable bonds is 3. The van der Waals surface area contributed by atoms with E-state index >= 15 is 0 Å². The molecular weight excluding hydrogens is 312 g/mol. The van der Waals surface area contributed by atoms with E-state index < -0.39 is 5.97 Å². The lowest BCUT2D eigenvalue weighted by atomic mass is 9.99. The molecule has 0 N–H and O–H groups in total. The average molecular weight is 328 g/mol. The van der Waals surface area contributed by atoms with Crippen LogP contribution >= 0.6 is 11.3 Å². The van der Waals surface area contributed by atoms with Crippen LogP contribution in [-0.2, 0) is 16.1 Å². The van der Waals surface area contributed by atoms with E-state index in [1.807, 2.05) is 31.4 Å². The van der Waals surface area contributed by atoms with Crippen molar-refractivity contribution in [1.29, 1.82) is 0 Å². The topological polar surface area (TPSA) is 61.2 Å². The molecule has 2 aromatic heterocycles. The maximum Gasteiger partial charge on any atom is 0.325 e. The summed E-state index contributed by atoms with van der Waals surface area (Å²) in [7, 11) is 1.30. The minimum atomic E-state index is -0.475. The molecule has 0 atom stereocenters. The van der Waals surface area contributed by atoms with Crippen LogP contribution in [0.25, 0.3) is 21.3 Å². The fourth-order valence-corrected chi connectivity index (χ4v) is 3.50. The van der Waals surface area contributed by atoms with Crippen molar-refractivity contribution < 1.29 is 9.53 Å². The molecular formula is C17H16N2O3S. The third-order valence-corrected chi connectivity index (χ3v) is 4.65. The van der Waals surface area contributed by atoms with Crippen LogP contribution in [-0.4, -0.2) is 22.6 Å². The third kappa shape index (κ3) is 2.77. The monoisotopic (exact) mass is 328 g/mol. The van der Waals surface area contributed by atoms with Crippen LogP contribution in [0.5, 0.6) is 0 Å². The summed E-state index contributed by atoms with van der Waals surface area (Å²) < 4.78 is 5.91. The molecule has 6 heteroatoms. The predicted octanol–water partition coefficient (Wildman–Crippen LogP) is 2.91. The van der Waals surface area contributed by atoms with E-state index in [0.29, 0.717) is 10.2 Å². The smallest absolute Gasteiger partial charge is 0.325 e. The number of ether oxygens (including phenoxy) is 1. The van der Waals surface area contributed by atoms with Gasteiger partial charge in [-0.25, -0.2) is 4.98 Å². The molecule has 1 aromatic carbocycles. The van der Waals surface area contributed by atoms with Crippen molar-refractivity contribution in [2.24, 2.45) is 0 Å². The van der Waals surface area contributed by atoms with Gasteiger partial charge in [-0.1, -0.05) is 23.8 Å². The second kappa shape index (κ2) is 5.96. The first-order valence-electron chi connectivity index (χ1n) is 7.12. The maximum atomic E-state index is 12.7. The number of thiophene rings is 1. The fourth-order valence-electron chi connectivity index (χ4n) is 2.60. The number of carbonyl (C=O) groups excluding carboxylic acids is 1. The highest BCUT2D eigenvalue weighted by Gasteiger charge is 2.15. The Morgan fingerprint density at radius 1 is 1.30 bits per heavy atom. The van der Waals surface area contributed by atoms with Crippen LogP contribution in [0.15, 0.2) is 34.7 Å². The highest BCUT2D eigenvalue weighted by atomic mass is 32.1. The zero-order chi connectivity index (χ0) is 16.6. The number of esters is 1. The number of benzene rings is 1. The Morgan fingerprint density at radius 3 is 2.78 bits per heavy atom. The number of carbonyl (C=O) groups is 1. The molecule has 0 saturated heterocycles. The van der Waals surface area contributed by atoms with Crippen molar-refractivity contribution in [3.05, 3.63) is 51.4 Å². The summed E-state index contributed by atoms with van der Waals surface area (Å²) in [5.74, 6) is -0.475. The number of nitrogens with zero attached hydrogens (tertiary/aromatic N) is 2. The second-order valence-electron chi connectivity index (χ2n) is 5.40. The number of hydrogen-bond acceptors (Lipinski definition) is 5. The van der Waals surface area contributed by atoms with Crippen LogP contribution < -0.4 is 5.56 Å². The average Bonchev–Trinajstić information content (AvgIpc) is 2.94. The summed E-state index contributed by atoms with van der Waals surface area (Å²) >= 11 is 1.43. The standard InChI is InChI=1S/C17H16N2O3S/c1-10-4-5-12(11(2)6-10)13-8-23-16-15(13)17(21)19(9-18-16)7-14(20)22-3/h4-6,8-9H,7H2,1-3H3. The molecule has 3 rings (SSSR count). The number of fused-ring (bicyclic) bond motifs is 1. The molecule has 0 unspecified atom stereocenters. The fraction of sp³-hybridized carbons (Fsp3) is 0.235. The first-order valence-corrected chi connectivity index (χ1v) is 8.00. The molecule has 0 amide bonds. The van der Waals surface area contributed by atoms with Gasteiger partial charge in [-0.3, -0.25) is 14.2 Å². The lowest BCUT2D eigenvalue weighted by Gasteiger charge is -2.07. The SMILES string of the molecule is COC(=O)Cn1cnc2scc(-c3ccc(C)cc3C)c2c1=O. The summed E-state index contributed by atoms with van der Waals surface area (Å²) in [5, 5.41) is 2.49. The summed E-state index contributed by atoms with van der Waals surface area (Å²) in [5.41, 5.74) is 3.92. The minimum Gasteiger partial charge on any atom is -0.468 e. The molecule has 118 valence electrons. The first kappa shape index (κ1) is 15.4. The van der Waals surface area contributed by atoms with Crippen molar-refractivity contribution in [3.8, 4) is 11.1 Å². The van der Waals surface area contributed by atoms with Gasteiger partial charge in [-0.15, -0.1) is 11.3 Å². The molecule has 5 nitrogen and oxygen atoms in total. The summed E-state index contributed by atoms with van der Waals surface area (Å²) in [4.78, 5) is 29.2. The highest BCUT2D eigenvalue weighted by molar-refractivity contribution is 7.17.